The van der Waals surface area contributed by atoms with Crippen LogP contribution in [0.4, 0.5) is 17.2 Å². The minimum Gasteiger partial charge on any atom is -0.368 e. The molecule has 2 aromatic heterocycles. The highest BCUT2D eigenvalue weighted by Gasteiger charge is 2.22. The van der Waals surface area contributed by atoms with Gasteiger partial charge in [0.1, 0.15) is 12.1 Å². The number of aromatic nitrogens is 4. The Bertz CT molecular complexity index is 1830. The molecule has 3 heterocycles. The summed E-state index contributed by atoms with van der Waals surface area (Å²) < 4.78 is 24.0. The second-order valence-electron chi connectivity index (χ2n) is 9.49. The summed E-state index contributed by atoms with van der Waals surface area (Å²) >= 11 is 0. The van der Waals surface area contributed by atoms with E-state index in [9.17, 15) is 8.42 Å². The number of nitrogens with one attached hydrogen (secondary N) is 1. The largest absolute Gasteiger partial charge is 0.368 e. The molecule has 1 N–H and O–H groups in total. The number of fused-ring (bicyclic) bond motifs is 1. The van der Waals surface area contributed by atoms with E-state index < -0.39 is 9.84 Å². The highest BCUT2D eigenvalue weighted by Crippen LogP contribution is 2.35. The fraction of sp³-hybridized carbons (Fsp3) is 0.172. The van der Waals surface area contributed by atoms with Gasteiger partial charge in [0.15, 0.2) is 15.5 Å². The first-order chi connectivity index (χ1) is 18.9. The molecular weight excluding hydrogens is 510 g/mol. The van der Waals surface area contributed by atoms with Gasteiger partial charge in [-0.15, -0.1) is 0 Å². The molecule has 1 aliphatic rings. The van der Waals surface area contributed by atoms with Gasteiger partial charge in [-0.3, -0.25) is 5.10 Å². The van der Waals surface area contributed by atoms with E-state index in [2.05, 4.69) is 40.9 Å². The van der Waals surface area contributed by atoms with Crippen LogP contribution in [0.15, 0.2) is 84.1 Å². The van der Waals surface area contributed by atoms with E-state index in [0.29, 0.717) is 10.6 Å². The first-order valence-corrected chi connectivity index (χ1v) is 14.4. The Labute approximate surface area is 226 Å². The molecule has 3 aromatic carbocycles. The molecule has 0 bridgehead atoms. The van der Waals surface area contributed by atoms with Crippen molar-refractivity contribution in [3.8, 4) is 22.4 Å². The molecule has 10 heteroatoms. The Morgan fingerprint density at radius 2 is 1.69 bits per heavy atom. The second kappa shape index (κ2) is 9.85. The molecule has 0 radical (unpaired) electrons. The number of rotatable bonds is 5. The highest BCUT2D eigenvalue weighted by atomic mass is 32.2. The van der Waals surface area contributed by atoms with Gasteiger partial charge >= 0.3 is 0 Å². The van der Waals surface area contributed by atoms with Gasteiger partial charge in [-0.2, -0.15) is 5.10 Å². The van der Waals surface area contributed by atoms with Crippen molar-refractivity contribution in [3.63, 3.8) is 0 Å². The van der Waals surface area contributed by atoms with Crippen LogP contribution in [0.5, 0.6) is 0 Å². The Morgan fingerprint density at radius 1 is 0.897 bits per heavy atom. The number of aromatic amines is 1. The number of hydrogen-bond donors (Lipinski definition) is 1. The first kappa shape index (κ1) is 24.6. The maximum atomic E-state index is 12.0. The number of hydrogen-bond acceptors (Lipinski definition) is 7. The zero-order chi connectivity index (χ0) is 27.0. The molecular formula is C29H25N7O2S. The van der Waals surface area contributed by atoms with E-state index in [4.69, 9.17) is 6.57 Å². The molecule has 0 unspecified atom stereocenters. The molecule has 5 aromatic rings. The summed E-state index contributed by atoms with van der Waals surface area (Å²) in [6.07, 6.45) is 4.63. The fourth-order valence-electron chi connectivity index (χ4n) is 5.01. The predicted molar refractivity (Wildman–Crippen MR) is 153 cm³/mol. The maximum Gasteiger partial charge on any atom is 0.187 e. The van der Waals surface area contributed by atoms with Crippen LogP contribution in [-0.4, -0.2) is 61.0 Å². The van der Waals surface area contributed by atoms with Gasteiger partial charge in [0.25, 0.3) is 0 Å². The summed E-state index contributed by atoms with van der Waals surface area (Å²) in [6.45, 7) is 10.3. The van der Waals surface area contributed by atoms with Gasteiger partial charge in [-0.25, -0.2) is 23.2 Å². The van der Waals surface area contributed by atoms with Crippen LogP contribution < -0.4 is 9.80 Å². The molecule has 9 nitrogen and oxygen atoms in total. The van der Waals surface area contributed by atoms with Crippen molar-refractivity contribution in [2.45, 2.75) is 4.90 Å². The first-order valence-electron chi connectivity index (χ1n) is 12.5. The van der Waals surface area contributed by atoms with Crippen molar-refractivity contribution in [3.05, 3.63) is 90.7 Å². The third kappa shape index (κ3) is 4.80. The average Bonchev–Trinajstić information content (AvgIpc) is 3.47. The third-order valence-corrected chi connectivity index (χ3v) is 8.13. The monoisotopic (exact) mass is 535 g/mol. The van der Waals surface area contributed by atoms with Gasteiger partial charge in [-0.05, 0) is 47.5 Å². The van der Waals surface area contributed by atoms with Crippen LogP contribution >= 0.6 is 0 Å². The molecule has 39 heavy (non-hydrogen) atoms. The number of piperazine rings is 1. The zero-order valence-corrected chi connectivity index (χ0v) is 22.1. The number of H-pyrrole nitrogens is 1. The summed E-state index contributed by atoms with van der Waals surface area (Å²) in [4.78, 5) is 17.5. The van der Waals surface area contributed by atoms with Crippen LogP contribution in [0.1, 0.15) is 0 Å². The van der Waals surface area contributed by atoms with Gasteiger partial charge in [-0.1, -0.05) is 30.3 Å². The summed E-state index contributed by atoms with van der Waals surface area (Å²) in [5.41, 5.74) is 6.00. The number of nitrogens with zero attached hydrogens (tertiary/aromatic N) is 6. The van der Waals surface area contributed by atoms with Gasteiger partial charge in [0.05, 0.1) is 28.9 Å². The smallest absolute Gasteiger partial charge is 0.187 e. The molecule has 0 spiro atoms. The third-order valence-electron chi connectivity index (χ3n) is 7.02. The van der Waals surface area contributed by atoms with Crippen molar-refractivity contribution in [1.82, 2.24) is 20.2 Å². The SMILES string of the molecule is [C-]#[N+]c1cccc(-c2[nH]ncc2-c2ccc3ncnc(N4CCN(c5cccc(S(C)(=O)=O)c5)CC4)c3c2)c1. The summed E-state index contributed by atoms with van der Waals surface area (Å²) in [6, 6.07) is 20.7. The lowest BCUT2D eigenvalue weighted by Crippen LogP contribution is -2.47. The zero-order valence-electron chi connectivity index (χ0n) is 21.2. The molecule has 1 saturated heterocycles. The number of anilines is 2. The normalized spacial score (nSPS) is 13.9. The molecule has 1 aliphatic heterocycles. The van der Waals surface area contributed by atoms with Gasteiger partial charge < -0.3 is 9.80 Å². The highest BCUT2D eigenvalue weighted by molar-refractivity contribution is 7.90. The lowest BCUT2D eigenvalue weighted by atomic mass is 10.00. The number of benzene rings is 3. The molecule has 0 saturated carbocycles. The quantitative estimate of drug-likeness (QED) is 0.317. The molecule has 0 aliphatic carbocycles. The van der Waals surface area contributed by atoms with E-state index in [1.807, 2.05) is 36.4 Å². The van der Waals surface area contributed by atoms with Crippen LogP contribution in [0.2, 0.25) is 0 Å². The number of sulfone groups is 1. The van der Waals surface area contributed by atoms with E-state index >= 15 is 0 Å². The standard InChI is InChI=1S/C29H25N7O2S/c1-30-22-6-3-5-21(15-22)28-26(18-33-34-28)20-9-10-27-25(16-20)29(32-19-31-27)36-13-11-35(12-14-36)23-7-4-8-24(17-23)39(2,37)38/h3-10,15-19H,11-14H2,2H3,(H,33,34). The Balaban J connectivity index is 1.29. The lowest BCUT2D eigenvalue weighted by molar-refractivity contribution is 0.601. The molecule has 194 valence electrons. The van der Waals surface area contributed by atoms with Crippen molar-refractivity contribution in [2.24, 2.45) is 0 Å². The van der Waals surface area contributed by atoms with Crippen molar-refractivity contribution in [2.75, 3.05) is 42.2 Å². The Morgan fingerprint density at radius 3 is 2.49 bits per heavy atom. The van der Waals surface area contributed by atoms with Crippen LogP contribution in [0.3, 0.4) is 0 Å². The fourth-order valence-corrected chi connectivity index (χ4v) is 5.67. The average molecular weight is 536 g/mol. The molecule has 6 rings (SSSR count). The maximum absolute atomic E-state index is 12.0. The predicted octanol–water partition coefficient (Wildman–Crippen LogP) is 4.97. The van der Waals surface area contributed by atoms with Crippen LogP contribution in [-0.2, 0) is 9.84 Å². The molecule has 0 atom stereocenters. The minimum absolute atomic E-state index is 0.330. The van der Waals surface area contributed by atoms with Crippen molar-refractivity contribution in [1.29, 1.82) is 0 Å². The van der Waals surface area contributed by atoms with Gasteiger partial charge in [0, 0.05) is 49.1 Å². The molecule has 1 fully saturated rings. The van der Waals surface area contributed by atoms with Gasteiger partial charge in [0.2, 0.25) is 0 Å². The molecule has 0 amide bonds. The van der Waals surface area contributed by atoms with Crippen molar-refractivity contribution < 1.29 is 8.42 Å². The Hall–Kier alpha value is -4.75. The summed E-state index contributed by atoms with van der Waals surface area (Å²) in [7, 11) is -3.26. The topological polar surface area (TPSA) is 99.4 Å². The summed E-state index contributed by atoms with van der Waals surface area (Å²) in [5, 5.41) is 8.34. The van der Waals surface area contributed by atoms with E-state index in [-0.39, 0.29) is 0 Å². The van der Waals surface area contributed by atoms with E-state index in [0.717, 1.165) is 71.0 Å². The summed E-state index contributed by atoms with van der Waals surface area (Å²) in [5.74, 6) is 0.867. The van der Waals surface area contributed by atoms with E-state index in [1.54, 1.807) is 36.8 Å². The van der Waals surface area contributed by atoms with Crippen LogP contribution in [0.25, 0.3) is 38.1 Å². The lowest BCUT2D eigenvalue weighted by Gasteiger charge is -2.37. The Kier molecular flexibility index (Phi) is 6.21. The van der Waals surface area contributed by atoms with E-state index in [1.165, 1.54) is 6.26 Å². The van der Waals surface area contributed by atoms with Crippen LogP contribution in [0, 0.1) is 6.57 Å². The van der Waals surface area contributed by atoms with Crippen molar-refractivity contribution >= 4 is 37.9 Å². The minimum atomic E-state index is -3.26. The second-order valence-corrected chi connectivity index (χ2v) is 11.5.